The minimum atomic E-state index is -0.433. The van der Waals surface area contributed by atoms with Crippen LogP contribution in [0.15, 0.2) is 39.9 Å². The predicted octanol–water partition coefficient (Wildman–Crippen LogP) is 1.30. The molecule has 2 aromatic rings. The second kappa shape index (κ2) is 5.79. The maximum atomic E-state index is 11.8. The van der Waals surface area contributed by atoms with E-state index in [9.17, 15) is 9.59 Å². The third-order valence-electron chi connectivity index (χ3n) is 4.63. The first-order valence-electron chi connectivity index (χ1n) is 7.96. The zero-order valence-corrected chi connectivity index (χ0v) is 12.7. The summed E-state index contributed by atoms with van der Waals surface area (Å²) in [6.07, 6.45) is 2.36. The van der Waals surface area contributed by atoms with Crippen molar-refractivity contribution in [1.29, 1.82) is 0 Å². The van der Waals surface area contributed by atoms with Gasteiger partial charge in [0.05, 0.1) is 17.8 Å². The van der Waals surface area contributed by atoms with E-state index in [-0.39, 0.29) is 17.8 Å². The molecule has 2 N–H and O–H groups in total. The van der Waals surface area contributed by atoms with Crippen molar-refractivity contribution in [3.63, 3.8) is 0 Å². The van der Waals surface area contributed by atoms with Crippen LogP contribution in [0.4, 0.5) is 0 Å². The summed E-state index contributed by atoms with van der Waals surface area (Å²) in [7, 11) is 0. The molecule has 120 valence electrons. The molecule has 1 saturated heterocycles. The third kappa shape index (κ3) is 2.87. The van der Waals surface area contributed by atoms with Crippen LogP contribution in [0.5, 0.6) is 0 Å². The highest BCUT2D eigenvalue weighted by Crippen LogP contribution is 2.33. The van der Waals surface area contributed by atoms with Gasteiger partial charge in [-0.15, -0.1) is 0 Å². The number of ether oxygens (including phenoxy) is 1. The topological polar surface area (TPSA) is 78.2 Å². The predicted molar refractivity (Wildman–Crippen MR) is 85.1 cm³/mol. The Bertz CT molecular complexity index is 812. The van der Waals surface area contributed by atoms with Gasteiger partial charge >= 0.3 is 5.69 Å². The first kappa shape index (κ1) is 14.4. The number of nitrogens with zero attached hydrogens (tertiary/aromatic N) is 1. The fraction of sp³-hybridized carbons (Fsp3) is 0.412. The molecule has 0 bridgehead atoms. The molecule has 1 fully saturated rings. The van der Waals surface area contributed by atoms with E-state index in [2.05, 4.69) is 27.0 Å². The van der Waals surface area contributed by atoms with Crippen molar-refractivity contribution in [2.24, 2.45) is 0 Å². The van der Waals surface area contributed by atoms with Gasteiger partial charge in [0.25, 0.3) is 5.56 Å². The Morgan fingerprint density at radius 3 is 2.74 bits per heavy atom. The molecule has 1 aromatic heterocycles. The zero-order chi connectivity index (χ0) is 15.8. The molecular formula is C17H19N3O3. The minimum Gasteiger partial charge on any atom is -0.369 e. The molecule has 0 amide bonds. The highest BCUT2D eigenvalue weighted by molar-refractivity contribution is 5.21. The number of hydrogen-bond acceptors (Lipinski definition) is 4. The van der Waals surface area contributed by atoms with Gasteiger partial charge in [-0.1, -0.05) is 30.3 Å². The van der Waals surface area contributed by atoms with E-state index in [1.165, 1.54) is 5.56 Å². The van der Waals surface area contributed by atoms with Gasteiger partial charge < -0.3 is 9.72 Å². The van der Waals surface area contributed by atoms with E-state index in [1.807, 2.05) is 18.2 Å². The highest BCUT2D eigenvalue weighted by atomic mass is 16.5. The summed E-state index contributed by atoms with van der Waals surface area (Å²) in [5.41, 5.74) is 1.91. The fourth-order valence-electron chi connectivity index (χ4n) is 3.53. The summed E-state index contributed by atoms with van der Waals surface area (Å²) in [5.74, 6) is 0. The average Bonchev–Trinajstić information content (AvgIpc) is 3.15. The molecule has 0 radical (unpaired) electrons. The summed E-state index contributed by atoms with van der Waals surface area (Å²) in [6, 6.07) is 10.3. The van der Waals surface area contributed by atoms with Gasteiger partial charge in [-0.2, -0.15) is 0 Å². The molecule has 2 aliphatic heterocycles. The number of nitrogens with one attached hydrogen (secondary N) is 2. The van der Waals surface area contributed by atoms with Gasteiger partial charge in [0.2, 0.25) is 0 Å². The quantitative estimate of drug-likeness (QED) is 0.895. The van der Waals surface area contributed by atoms with Crippen molar-refractivity contribution >= 4 is 0 Å². The number of hydrogen-bond donors (Lipinski definition) is 2. The summed E-state index contributed by atoms with van der Waals surface area (Å²) >= 11 is 0. The molecule has 2 unspecified atom stereocenters. The maximum absolute atomic E-state index is 11.8. The van der Waals surface area contributed by atoms with Crippen LogP contribution < -0.4 is 11.2 Å². The van der Waals surface area contributed by atoms with Gasteiger partial charge in [-0.05, 0) is 18.4 Å². The Balaban J connectivity index is 1.40. The average molecular weight is 313 g/mol. The van der Waals surface area contributed by atoms with Crippen molar-refractivity contribution in [2.45, 2.75) is 38.1 Å². The number of aromatic nitrogens is 2. The van der Waals surface area contributed by atoms with Gasteiger partial charge in [-0.3, -0.25) is 14.7 Å². The van der Waals surface area contributed by atoms with Crippen LogP contribution in [0.3, 0.4) is 0 Å². The fourth-order valence-corrected chi connectivity index (χ4v) is 3.53. The standard InChI is InChI=1S/C17H19N3O3/c21-16-13-9-20(10-14(13)18-17(22)19-16)8-12-6-7-15(23-12)11-4-2-1-3-5-11/h1-5,12,15H,6-10H2,(H2,18,19,21,22). The number of benzene rings is 1. The van der Waals surface area contributed by atoms with Crippen LogP contribution in [0.2, 0.25) is 0 Å². The van der Waals surface area contributed by atoms with Crippen LogP contribution in [-0.4, -0.2) is 27.5 Å². The molecule has 0 spiro atoms. The molecule has 3 heterocycles. The van der Waals surface area contributed by atoms with Gasteiger partial charge in [0, 0.05) is 25.3 Å². The van der Waals surface area contributed by atoms with Crippen molar-refractivity contribution in [3.05, 3.63) is 68.0 Å². The lowest BCUT2D eigenvalue weighted by molar-refractivity contribution is 0.0212. The maximum Gasteiger partial charge on any atom is 0.325 e. The highest BCUT2D eigenvalue weighted by Gasteiger charge is 2.30. The van der Waals surface area contributed by atoms with Gasteiger partial charge in [0.1, 0.15) is 0 Å². The Morgan fingerprint density at radius 2 is 1.91 bits per heavy atom. The van der Waals surface area contributed by atoms with Crippen molar-refractivity contribution in [3.8, 4) is 0 Å². The monoisotopic (exact) mass is 313 g/mol. The van der Waals surface area contributed by atoms with Crippen molar-refractivity contribution < 1.29 is 4.74 Å². The van der Waals surface area contributed by atoms with E-state index in [1.54, 1.807) is 0 Å². The van der Waals surface area contributed by atoms with Crippen LogP contribution in [0, 0.1) is 0 Å². The third-order valence-corrected chi connectivity index (χ3v) is 4.63. The lowest BCUT2D eigenvalue weighted by atomic mass is 10.1. The van der Waals surface area contributed by atoms with Crippen LogP contribution in [-0.2, 0) is 17.8 Å². The van der Waals surface area contributed by atoms with Crippen LogP contribution >= 0.6 is 0 Å². The normalized spacial score (nSPS) is 24.0. The molecule has 23 heavy (non-hydrogen) atoms. The van der Waals surface area contributed by atoms with Crippen LogP contribution in [0.1, 0.15) is 35.8 Å². The van der Waals surface area contributed by atoms with E-state index in [0.29, 0.717) is 18.7 Å². The Kier molecular flexibility index (Phi) is 3.63. The molecule has 2 atom stereocenters. The summed E-state index contributed by atoms with van der Waals surface area (Å²) < 4.78 is 6.16. The molecule has 6 heteroatoms. The second-order valence-electron chi connectivity index (χ2n) is 6.27. The smallest absolute Gasteiger partial charge is 0.325 e. The molecule has 0 aliphatic carbocycles. The SMILES string of the molecule is O=c1[nH]c2c(c(=O)[nH]1)CN(CC1CCC(c3ccccc3)O1)C2. The summed E-state index contributed by atoms with van der Waals surface area (Å²) in [4.78, 5) is 30.3. The lowest BCUT2D eigenvalue weighted by Crippen LogP contribution is -2.28. The molecule has 0 saturated carbocycles. The number of fused-ring (bicyclic) bond motifs is 1. The van der Waals surface area contributed by atoms with E-state index < -0.39 is 5.69 Å². The first-order valence-corrected chi connectivity index (χ1v) is 7.96. The van der Waals surface area contributed by atoms with E-state index in [4.69, 9.17) is 4.74 Å². The number of rotatable bonds is 3. The summed E-state index contributed by atoms with van der Waals surface area (Å²) in [5, 5.41) is 0. The molecule has 6 nitrogen and oxygen atoms in total. The minimum absolute atomic E-state index is 0.161. The Morgan fingerprint density at radius 1 is 1.09 bits per heavy atom. The summed E-state index contributed by atoms with van der Waals surface area (Å²) in [6.45, 7) is 1.95. The van der Waals surface area contributed by atoms with E-state index in [0.717, 1.165) is 25.1 Å². The van der Waals surface area contributed by atoms with Gasteiger partial charge in [0.15, 0.2) is 0 Å². The molecule has 2 aliphatic rings. The molecular weight excluding hydrogens is 294 g/mol. The Hall–Kier alpha value is -2.18. The zero-order valence-electron chi connectivity index (χ0n) is 12.7. The molecule has 1 aromatic carbocycles. The first-order chi connectivity index (χ1) is 11.2. The van der Waals surface area contributed by atoms with Crippen molar-refractivity contribution in [2.75, 3.05) is 6.54 Å². The number of aromatic amines is 2. The number of H-pyrrole nitrogens is 2. The van der Waals surface area contributed by atoms with Crippen molar-refractivity contribution in [1.82, 2.24) is 14.9 Å². The van der Waals surface area contributed by atoms with Crippen LogP contribution in [0.25, 0.3) is 0 Å². The van der Waals surface area contributed by atoms with Gasteiger partial charge in [-0.25, -0.2) is 4.79 Å². The largest absolute Gasteiger partial charge is 0.369 e. The molecule has 4 rings (SSSR count). The lowest BCUT2D eigenvalue weighted by Gasteiger charge is -2.20. The van der Waals surface area contributed by atoms with E-state index >= 15 is 0 Å². The second-order valence-corrected chi connectivity index (χ2v) is 6.27. The Labute approximate surface area is 133 Å².